The maximum Gasteiger partial charge on any atom is 0.219 e. The Labute approximate surface area is 198 Å². The number of nitrogens with zero attached hydrogens (tertiary/aromatic N) is 3. The van der Waals surface area contributed by atoms with E-state index in [1.165, 1.54) is 11.1 Å². The molecular weight excluding hydrogens is 436 g/mol. The molecule has 170 valence electrons. The number of nitrogens with one attached hydrogen (secondary N) is 1. The Morgan fingerprint density at radius 3 is 2.58 bits per heavy atom. The van der Waals surface area contributed by atoms with Crippen molar-refractivity contribution in [2.75, 3.05) is 18.5 Å². The van der Waals surface area contributed by atoms with Gasteiger partial charge in [0, 0.05) is 31.8 Å². The number of fused-ring (bicyclic) bond motifs is 1. The van der Waals surface area contributed by atoms with Gasteiger partial charge in [-0.15, -0.1) is 0 Å². The molecule has 0 atom stereocenters. The van der Waals surface area contributed by atoms with Crippen LogP contribution in [0.4, 0.5) is 5.95 Å². The summed E-state index contributed by atoms with van der Waals surface area (Å²) in [5.41, 5.74) is 7.00. The van der Waals surface area contributed by atoms with Gasteiger partial charge < -0.3 is 19.4 Å². The number of halogens is 1. The number of hydrogen-bond acceptors (Lipinski definition) is 5. The molecule has 0 radical (unpaired) electrons. The second kappa shape index (κ2) is 9.04. The van der Waals surface area contributed by atoms with Crippen molar-refractivity contribution < 1.29 is 9.47 Å². The second-order valence-corrected chi connectivity index (χ2v) is 9.17. The van der Waals surface area contributed by atoms with Crippen LogP contribution in [0.15, 0.2) is 48.7 Å². The average Bonchev–Trinajstić information content (AvgIpc) is 3.07. The van der Waals surface area contributed by atoms with E-state index in [0.717, 1.165) is 53.5 Å². The first-order valence-corrected chi connectivity index (χ1v) is 11.5. The van der Waals surface area contributed by atoms with E-state index in [9.17, 15) is 0 Å². The van der Waals surface area contributed by atoms with Gasteiger partial charge in [0.2, 0.25) is 11.8 Å². The van der Waals surface area contributed by atoms with Crippen LogP contribution in [-0.4, -0.2) is 27.7 Å². The van der Waals surface area contributed by atoms with Gasteiger partial charge in [-0.1, -0.05) is 17.7 Å². The highest BCUT2D eigenvalue weighted by atomic mass is 35.5. The molecule has 0 bridgehead atoms. The minimum absolute atomic E-state index is 0.521. The minimum atomic E-state index is 0.521. The van der Waals surface area contributed by atoms with Gasteiger partial charge in [0.05, 0.1) is 29.3 Å². The normalized spacial score (nSPS) is 13.8. The van der Waals surface area contributed by atoms with Crippen LogP contribution in [0.25, 0.3) is 11.0 Å². The van der Waals surface area contributed by atoms with E-state index in [1.807, 2.05) is 12.1 Å². The smallest absolute Gasteiger partial charge is 0.219 e. The molecule has 5 rings (SSSR count). The fourth-order valence-corrected chi connectivity index (χ4v) is 4.37. The number of pyridine rings is 1. The fourth-order valence-electron chi connectivity index (χ4n) is 4.26. The summed E-state index contributed by atoms with van der Waals surface area (Å²) in [6.07, 6.45) is 2.64. The van der Waals surface area contributed by atoms with E-state index in [-0.39, 0.29) is 0 Å². The summed E-state index contributed by atoms with van der Waals surface area (Å²) < 4.78 is 13.4. The Balaban J connectivity index is 1.31. The molecule has 1 fully saturated rings. The summed E-state index contributed by atoms with van der Waals surface area (Å²) in [5, 5.41) is 4.11. The minimum Gasteiger partial charge on any atom is -0.439 e. The molecule has 1 aliphatic rings. The van der Waals surface area contributed by atoms with Crippen LogP contribution < -0.4 is 10.1 Å². The van der Waals surface area contributed by atoms with Gasteiger partial charge in [0.1, 0.15) is 5.75 Å². The summed E-state index contributed by atoms with van der Waals surface area (Å²) in [6, 6.07) is 14.1. The van der Waals surface area contributed by atoms with Gasteiger partial charge >= 0.3 is 0 Å². The van der Waals surface area contributed by atoms with Crippen molar-refractivity contribution >= 4 is 28.6 Å². The van der Waals surface area contributed by atoms with E-state index < -0.39 is 0 Å². The first-order valence-electron chi connectivity index (χ1n) is 11.1. The van der Waals surface area contributed by atoms with Crippen LogP contribution in [0.2, 0.25) is 5.02 Å². The van der Waals surface area contributed by atoms with Gasteiger partial charge in [-0.25, -0.2) is 9.97 Å². The zero-order chi connectivity index (χ0) is 22.9. The van der Waals surface area contributed by atoms with Crippen molar-refractivity contribution in [3.05, 3.63) is 75.9 Å². The predicted octanol–water partition coefficient (Wildman–Crippen LogP) is 5.83. The molecule has 2 aromatic carbocycles. The van der Waals surface area contributed by atoms with Crippen LogP contribution in [-0.2, 0) is 24.8 Å². The Hall–Kier alpha value is -3.09. The Kier molecular flexibility index (Phi) is 5.96. The predicted molar refractivity (Wildman–Crippen MR) is 131 cm³/mol. The molecule has 0 aliphatic carbocycles. The van der Waals surface area contributed by atoms with E-state index >= 15 is 0 Å². The van der Waals surface area contributed by atoms with Crippen molar-refractivity contribution in [2.24, 2.45) is 13.0 Å². The van der Waals surface area contributed by atoms with Gasteiger partial charge in [-0.2, -0.15) is 0 Å². The van der Waals surface area contributed by atoms with E-state index in [2.05, 4.69) is 54.0 Å². The Morgan fingerprint density at radius 1 is 1.12 bits per heavy atom. The standard InChI is InChI=1S/C26H27ClN4O2/c1-16-8-21(33-25-7-5-20(27)12-28-25)9-17(2)22(16)13-29-26-30-23-6-4-18(10-19-14-32-15-19)11-24(23)31(26)3/h4-9,11-12,19H,10,13-15H2,1-3H3,(H,29,30). The zero-order valence-corrected chi connectivity index (χ0v) is 19.8. The SMILES string of the molecule is Cc1cc(Oc2ccc(Cl)cn2)cc(C)c1CNc1nc2ccc(CC3COC3)cc2n1C. The third-order valence-corrected chi connectivity index (χ3v) is 6.42. The number of aryl methyl sites for hydroxylation is 3. The summed E-state index contributed by atoms with van der Waals surface area (Å²) in [7, 11) is 2.06. The highest BCUT2D eigenvalue weighted by Crippen LogP contribution is 2.28. The highest BCUT2D eigenvalue weighted by molar-refractivity contribution is 6.30. The first-order chi connectivity index (χ1) is 16.0. The quantitative estimate of drug-likeness (QED) is 0.374. The van der Waals surface area contributed by atoms with Crippen molar-refractivity contribution in [3.8, 4) is 11.6 Å². The number of anilines is 1. The lowest BCUT2D eigenvalue weighted by Crippen LogP contribution is -2.29. The molecular formula is C26H27ClN4O2. The van der Waals surface area contributed by atoms with Crippen LogP contribution in [0.3, 0.4) is 0 Å². The average molecular weight is 463 g/mol. The zero-order valence-electron chi connectivity index (χ0n) is 19.1. The van der Waals surface area contributed by atoms with E-state index in [0.29, 0.717) is 23.4 Å². The topological polar surface area (TPSA) is 61.2 Å². The molecule has 0 saturated carbocycles. The summed E-state index contributed by atoms with van der Waals surface area (Å²) >= 11 is 5.91. The van der Waals surface area contributed by atoms with Crippen molar-refractivity contribution in [2.45, 2.75) is 26.8 Å². The lowest BCUT2D eigenvalue weighted by atomic mass is 9.98. The lowest BCUT2D eigenvalue weighted by molar-refractivity contribution is -0.0312. The van der Waals surface area contributed by atoms with Crippen molar-refractivity contribution in [3.63, 3.8) is 0 Å². The number of imidazole rings is 1. The first kappa shape index (κ1) is 21.7. The molecule has 0 unspecified atom stereocenters. The molecule has 7 heteroatoms. The molecule has 2 aromatic heterocycles. The number of aromatic nitrogens is 3. The molecule has 33 heavy (non-hydrogen) atoms. The largest absolute Gasteiger partial charge is 0.439 e. The number of benzene rings is 2. The fraction of sp³-hybridized carbons (Fsp3) is 0.308. The number of rotatable bonds is 7. The van der Waals surface area contributed by atoms with E-state index in [4.69, 9.17) is 26.1 Å². The molecule has 1 saturated heterocycles. The third-order valence-electron chi connectivity index (χ3n) is 6.19. The van der Waals surface area contributed by atoms with Crippen molar-refractivity contribution in [1.29, 1.82) is 0 Å². The highest BCUT2D eigenvalue weighted by Gasteiger charge is 2.19. The summed E-state index contributed by atoms with van der Waals surface area (Å²) in [5.74, 6) is 2.78. The molecule has 1 aliphatic heterocycles. The van der Waals surface area contributed by atoms with Gasteiger partial charge in [-0.05, 0) is 72.9 Å². The Bertz CT molecular complexity index is 1270. The molecule has 0 spiro atoms. The molecule has 6 nitrogen and oxygen atoms in total. The molecule has 1 N–H and O–H groups in total. The van der Waals surface area contributed by atoms with Crippen molar-refractivity contribution in [1.82, 2.24) is 14.5 Å². The third kappa shape index (κ3) is 4.68. The molecule has 3 heterocycles. The number of ether oxygens (including phenoxy) is 2. The maximum absolute atomic E-state index is 5.91. The second-order valence-electron chi connectivity index (χ2n) is 8.73. The summed E-state index contributed by atoms with van der Waals surface area (Å²) in [4.78, 5) is 9.01. The number of hydrogen-bond donors (Lipinski definition) is 1. The maximum atomic E-state index is 5.91. The Morgan fingerprint density at radius 2 is 1.91 bits per heavy atom. The monoisotopic (exact) mass is 462 g/mol. The van der Waals surface area contributed by atoms with Gasteiger partial charge in [-0.3, -0.25) is 0 Å². The van der Waals surface area contributed by atoms with E-state index in [1.54, 1.807) is 18.3 Å². The van der Waals surface area contributed by atoms with Crippen LogP contribution >= 0.6 is 11.6 Å². The van der Waals surface area contributed by atoms with Gasteiger partial charge in [0.15, 0.2) is 0 Å². The lowest BCUT2D eigenvalue weighted by Gasteiger charge is -2.25. The van der Waals surface area contributed by atoms with Gasteiger partial charge in [0.25, 0.3) is 0 Å². The van der Waals surface area contributed by atoms with Crippen LogP contribution in [0.1, 0.15) is 22.3 Å². The summed E-state index contributed by atoms with van der Waals surface area (Å²) in [6.45, 7) is 6.61. The van der Waals surface area contributed by atoms with Crippen LogP contribution in [0, 0.1) is 19.8 Å². The molecule has 0 amide bonds. The van der Waals surface area contributed by atoms with Crippen LogP contribution in [0.5, 0.6) is 11.6 Å². The molecule has 4 aromatic rings.